The second kappa shape index (κ2) is 6.92. The summed E-state index contributed by atoms with van der Waals surface area (Å²) in [5.74, 6) is 6.42. The van der Waals surface area contributed by atoms with Crippen LogP contribution in [0.4, 0.5) is 5.82 Å². The van der Waals surface area contributed by atoms with Gasteiger partial charge in [-0.3, -0.25) is 16.2 Å². The molecule has 1 aromatic heterocycles. The maximum absolute atomic E-state index is 6.11. The second-order valence-corrected chi connectivity index (χ2v) is 6.17. The van der Waals surface area contributed by atoms with E-state index < -0.39 is 0 Å². The molecule has 0 amide bonds. The third-order valence-corrected chi connectivity index (χ3v) is 5.10. The first-order valence-electron chi connectivity index (χ1n) is 7.71. The molecule has 0 saturated carbocycles. The van der Waals surface area contributed by atoms with Crippen LogP contribution in [0.25, 0.3) is 0 Å². The van der Waals surface area contributed by atoms with Gasteiger partial charge < -0.3 is 5.73 Å². The topological polar surface area (TPSA) is 80.2 Å². The summed E-state index contributed by atoms with van der Waals surface area (Å²) in [7, 11) is 0. The lowest BCUT2D eigenvalue weighted by Crippen LogP contribution is -2.56. The molecule has 0 spiro atoms. The number of nitrogen functional groups attached to an aromatic ring is 1. The normalized spacial score (nSPS) is 18.1. The van der Waals surface area contributed by atoms with Crippen LogP contribution in [0.15, 0.2) is 12.3 Å². The van der Waals surface area contributed by atoms with E-state index in [2.05, 4.69) is 29.2 Å². The molecule has 5 nitrogen and oxygen atoms in total. The maximum Gasteiger partial charge on any atom is 0.128 e. The van der Waals surface area contributed by atoms with Gasteiger partial charge in [0.25, 0.3) is 0 Å². The average molecular weight is 312 g/mol. The highest BCUT2D eigenvalue weighted by Gasteiger charge is 2.43. The van der Waals surface area contributed by atoms with Crippen molar-refractivity contribution in [1.82, 2.24) is 15.3 Å². The lowest BCUT2D eigenvalue weighted by Gasteiger charge is -2.46. The van der Waals surface area contributed by atoms with Gasteiger partial charge in [-0.15, -0.1) is 0 Å². The molecule has 1 aromatic rings. The number of nitrogens with one attached hydrogen (secondary N) is 1. The van der Waals surface area contributed by atoms with Crippen molar-refractivity contribution in [3.63, 3.8) is 0 Å². The molecule has 21 heavy (non-hydrogen) atoms. The second-order valence-electron chi connectivity index (χ2n) is 5.73. The standard InChI is InChI=1S/C15H26ClN5/c1-3-15(4-2,21-7-5-6-8-21)13(20-18)12-9-11(16)10-19-14(12)17/h9-10,13,20H,3-8,18H2,1-2H3,(H2,17,19). The molecule has 118 valence electrons. The van der Waals surface area contributed by atoms with Crippen LogP contribution < -0.4 is 17.0 Å². The van der Waals surface area contributed by atoms with Crippen LogP contribution in [0.5, 0.6) is 0 Å². The molecule has 2 heterocycles. The minimum absolute atomic E-state index is 0.0638. The lowest BCUT2D eigenvalue weighted by molar-refractivity contribution is 0.0618. The molecule has 1 fully saturated rings. The largest absolute Gasteiger partial charge is 0.383 e. The Morgan fingerprint density at radius 3 is 2.52 bits per heavy atom. The Kier molecular flexibility index (Phi) is 5.43. The van der Waals surface area contributed by atoms with Crippen molar-refractivity contribution in [3.8, 4) is 0 Å². The van der Waals surface area contributed by atoms with Crippen molar-refractivity contribution in [2.75, 3.05) is 18.8 Å². The number of anilines is 1. The van der Waals surface area contributed by atoms with Crippen molar-refractivity contribution in [1.29, 1.82) is 0 Å². The Balaban J connectivity index is 2.46. The Morgan fingerprint density at radius 1 is 1.38 bits per heavy atom. The quantitative estimate of drug-likeness (QED) is 0.555. The van der Waals surface area contributed by atoms with Gasteiger partial charge in [-0.2, -0.15) is 0 Å². The van der Waals surface area contributed by atoms with Crippen molar-refractivity contribution >= 4 is 17.4 Å². The summed E-state index contributed by atoms with van der Waals surface area (Å²) in [4.78, 5) is 6.73. The Morgan fingerprint density at radius 2 is 2.00 bits per heavy atom. The number of likely N-dealkylation sites (tertiary alicyclic amines) is 1. The fourth-order valence-electron chi connectivity index (χ4n) is 3.68. The molecule has 0 aliphatic carbocycles. The van der Waals surface area contributed by atoms with Gasteiger partial charge >= 0.3 is 0 Å². The summed E-state index contributed by atoms with van der Waals surface area (Å²) in [5.41, 5.74) is 9.90. The van der Waals surface area contributed by atoms with Crippen LogP contribution in [0.2, 0.25) is 5.02 Å². The summed E-state index contributed by atoms with van der Waals surface area (Å²) in [5, 5.41) is 0.585. The average Bonchev–Trinajstić information content (AvgIpc) is 3.02. The summed E-state index contributed by atoms with van der Waals surface area (Å²) in [6.07, 6.45) is 6.03. The molecule has 0 radical (unpaired) electrons. The van der Waals surface area contributed by atoms with Gasteiger partial charge in [0.05, 0.1) is 11.1 Å². The molecule has 2 rings (SSSR count). The van der Waals surface area contributed by atoms with E-state index in [1.54, 1.807) is 6.20 Å². The molecular weight excluding hydrogens is 286 g/mol. The third-order valence-electron chi connectivity index (χ3n) is 4.89. The highest BCUT2D eigenvalue weighted by molar-refractivity contribution is 6.30. The zero-order valence-corrected chi connectivity index (χ0v) is 13.7. The summed E-state index contributed by atoms with van der Waals surface area (Å²) in [6, 6.07) is 1.79. The smallest absolute Gasteiger partial charge is 0.128 e. The number of hydrogen-bond acceptors (Lipinski definition) is 5. The number of nitrogens with zero attached hydrogens (tertiary/aromatic N) is 2. The number of rotatable bonds is 6. The van der Waals surface area contributed by atoms with Gasteiger partial charge in [0.2, 0.25) is 0 Å². The van der Waals surface area contributed by atoms with E-state index in [0.29, 0.717) is 10.8 Å². The summed E-state index contributed by atoms with van der Waals surface area (Å²) in [6.45, 7) is 6.63. The first kappa shape index (κ1) is 16.5. The van der Waals surface area contributed by atoms with Crippen LogP contribution >= 0.6 is 11.6 Å². The first-order valence-corrected chi connectivity index (χ1v) is 8.09. The number of pyridine rings is 1. The molecule has 5 N–H and O–H groups in total. The van der Waals surface area contributed by atoms with Crippen molar-refractivity contribution in [2.45, 2.75) is 51.1 Å². The first-order chi connectivity index (χ1) is 10.1. The van der Waals surface area contributed by atoms with Gasteiger partial charge in [-0.1, -0.05) is 25.4 Å². The Labute approximate surface area is 132 Å². The Bertz CT molecular complexity index is 469. The Hall–Kier alpha value is -0.880. The zero-order chi connectivity index (χ0) is 15.5. The molecular formula is C15H26ClN5. The van der Waals surface area contributed by atoms with Crippen LogP contribution in [0.3, 0.4) is 0 Å². The van der Waals surface area contributed by atoms with E-state index >= 15 is 0 Å². The summed E-state index contributed by atoms with van der Waals surface area (Å²) < 4.78 is 0. The monoisotopic (exact) mass is 311 g/mol. The van der Waals surface area contributed by atoms with E-state index in [9.17, 15) is 0 Å². The molecule has 1 unspecified atom stereocenters. The van der Waals surface area contributed by atoms with Crippen molar-refractivity contribution in [3.05, 3.63) is 22.8 Å². The van der Waals surface area contributed by atoms with E-state index in [1.807, 2.05) is 6.07 Å². The maximum atomic E-state index is 6.11. The van der Waals surface area contributed by atoms with Gasteiger partial charge in [0.1, 0.15) is 5.82 Å². The van der Waals surface area contributed by atoms with E-state index in [-0.39, 0.29) is 11.6 Å². The molecule has 1 saturated heterocycles. The minimum atomic E-state index is -0.0863. The number of aromatic nitrogens is 1. The van der Waals surface area contributed by atoms with Gasteiger partial charge in [-0.25, -0.2) is 4.98 Å². The van der Waals surface area contributed by atoms with Gasteiger partial charge in [-0.05, 0) is 44.8 Å². The molecule has 6 heteroatoms. The molecule has 1 atom stereocenters. The third kappa shape index (κ3) is 3.01. The fraction of sp³-hybridized carbons (Fsp3) is 0.667. The van der Waals surface area contributed by atoms with E-state index in [0.717, 1.165) is 31.5 Å². The SMILES string of the molecule is CCC(CC)(C(NN)c1cc(Cl)cnc1N)N1CCCC1. The van der Waals surface area contributed by atoms with Crippen molar-refractivity contribution in [2.24, 2.45) is 5.84 Å². The van der Waals surface area contributed by atoms with Gasteiger partial charge in [0.15, 0.2) is 0 Å². The molecule has 0 bridgehead atoms. The predicted molar refractivity (Wildman–Crippen MR) is 87.8 cm³/mol. The number of hydrazine groups is 1. The van der Waals surface area contributed by atoms with Crippen molar-refractivity contribution < 1.29 is 0 Å². The van der Waals surface area contributed by atoms with E-state index in [1.165, 1.54) is 12.8 Å². The lowest BCUT2D eigenvalue weighted by atomic mass is 9.79. The number of hydrogen-bond donors (Lipinski definition) is 3. The van der Waals surface area contributed by atoms with Crippen LogP contribution in [0.1, 0.15) is 51.1 Å². The highest BCUT2D eigenvalue weighted by Crippen LogP contribution is 2.40. The van der Waals surface area contributed by atoms with Gasteiger partial charge in [0, 0.05) is 17.3 Å². The van der Waals surface area contributed by atoms with E-state index in [4.69, 9.17) is 23.2 Å². The number of halogens is 1. The zero-order valence-electron chi connectivity index (χ0n) is 12.9. The molecule has 1 aliphatic rings. The fourth-order valence-corrected chi connectivity index (χ4v) is 3.85. The number of nitrogens with two attached hydrogens (primary N) is 2. The predicted octanol–water partition coefficient (Wildman–Crippen LogP) is 2.48. The van der Waals surface area contributed by atoms with Crippen LogP contribution in [0, 0.1) is 0 Å². The highest BCUT2D eigenvalue weighted by atomic mass is 35.5. The summed E-state index contributed by atoms with van der Waals surface area (Å²) >= 11 is 6.11. The minimum Gasteiger partial charge on any atom is -0.383 e. The van der Waals surface area contributed by atoms with Crippen LogP contribution in [-0.4, -0.2) is 28.5 Å². The van der Waals surface area contributed by atoms with Crippen LogP contribution in [-0.2, 0) is 0 Å². The molecule has 0 aromatic carbocycles. The molecule has 1 aliphatic heterocycles.